The zero-order valence-corrected chi connectivity index (χ0v) is 15.9. The Morgan fingerprint density at radius 3 is 2.23 bits per heavy atom. The van der Waals surface area contributed by atoms with Gasteiger partial charge in [-0.25, -0.2) is 0 Å². The van der Waals surface area contributed by atoms with Crippen molar-refractivity contribution in [3.8, 4) is 11.3 Å². The topological polar surface area (TPSA) is 99.3 Å². The number of hydrogen-bond donors (Lipinski definition) is 1. The lowest BCUT2D eigenvalue weighted by molar-refractivity contribution is 0.102. The van der Waals surface area contributed by atoms with E-state index < -0.39 is 0 Å². The molecule has 0 aliphatic heterocycles. The number of nitrogens with zero attached hydrogens (tertiary/aromatic N) is 3. The lowest BCUT2D eigenvalue weighted by Gasteiger charge is -2.11. The molecule has 0 aliphatic carbocycles. The van der Waals surface area contributed by atoms with E-state index in [-0.39, 0.29) is 11.4 Å². The quantitative estimate of drug-likeness (QED) is 0.462. The van der Waals surface area contributed by atoms with E-state index in [9.17, 15) is 4.79 Å². The maximum atomic E-state index is 12.9. The molecule has 0 bridgehead atoms. The molecule has 0 saturated carbocycles. The summed E-state index contributed by atoms with van der Waals surface area (Å²) in [6.45, 7) is 0. The number of carbonyl (C=O) groups excluding carboxylic acids is 1. The maximum Gasteiger partial charge on any atom is 0.255 e. The summed E-state index contributed by atoms with van der Waals surface area (Å²) < 4.78 is 0. The molecule has 3 aromatic heterocycles. The first-order valence-corrected chi connectivity index (χ1v) is 9.25. The largest absolute Gasteiger partial charge is 0.412 e. The van der Waals surface area contributed by atoms with Crippen molar-refractivity contribution >= 4 is 33.4 Å². The number of hydrogen-bond acceptors (Lipinski definition) is 4. The molecule has 0 radical (unpaired) electrons. The molecule has 0 spiro atoms. The third kappa shape index (κ3) is 3.47. The number of aromatic nitrogens is 3. The van der Waals surface area contributed by atoms with Crippen molar-refractivity contribution < 1.29 is 10.3 Å². The SMILES string of the molecule is O.O=C(Nc1cc2cccnc2c2ncccc12)c1ccc(-c2ccccn2)cc1. The third-order valence-corrected chi connectivity index (χ3v) is 4.82. The first-order valence-electron chi connectivity index (χ1n) is 9.25. The summed E-state index contributed by atoms with van der Waals surface area (Å²) in [5.74, 6) is -0.175. The van der Waals surface area contributed by atoms with Crippen LogP contribution in [0.1, 0.15) is 10.4 Å². The molecule has 6 nitrogen and oxygen atoms in total. The lowest BCUT2D eigenvalue weighted by atomic mass is 10.1. The second-order valence-corrected chi connectivity index (χ2v) is 6.65. The Kier molecular flexibility index (Phi) is 5.15. The van der Waals surface area contributed by atoms with E-state index in [1.54, 1.807) is 18.6 Å². The van der Waals surface area contributed by atoms with E-state index >= 15 is 0 Å². The number of amides is 1. The van der Waals surface area contributed by atoms with Crippen LogP contribution >= 0.6 is 0 Å². The molecule has 0 atom stereocenters. The number of rotatable bonds is 3. The molecule has 6 heteroatoms. The predicted octanol–water partition coefficient (Wildman–Crippen LogP) is 4.27. The first kappa shape index (κ1) is 19.2. The average molecular weight is 394 g/mol. The Morgan fingerprint density at radius 1 is 0.733 bits per heavy atom. The van der Waals surface area contributed by atoms with Gasteiger partial charge in [0.05, 0.1) is 22.4 Å². The number of nitrogens with one attached hydrogen (secondary N) is 1. The van der Waals surface area contributed by atoms with Crippen molar-refractivity contribution in [1.82, 2.24) is 15.0 Å². The molecule has 2 aromatic carbocycles. The van der Waals surface area contributed by atoms with Gasteiger partial charge in [-0.05, 0) is 48.5 Å². The molecule has 30 heavy (non-hydrogen) atoms. The molecule has 0 aliphatic rings. The zero-order valence-electron chi connectivity index (χ0n) is 15.9. The Balaban J connectivity index is 0.00000218. The van der Waals surface area contributed by atoms with E-state index in [4.69, 9.17) is 0 Å². The van der Waals surface area contributed by atoms with Crippen LogP contribution in [0.3, 0.4) is 0 Å². The van der Waals surface area contributed by atoms with Crippen LogP contribution in [-0.4, -0.2) is 26.3 Å². The normalized spacial score (nSPS) is 10.5. The van der Waals surface area contributed by atoms with Gasteiger partial charge in [-0.1, -0.05) is 24.3 Å². The third-order valence-electron chi connectivity index (χ3n) is 4.82. The summed E-state index contributed by atoms with van der Waals surface area (Å²) in [5.41, 5.74) is 4.72. The average Bonchev–Trinajstić information content (AvgIpc) is 2.80. The molecule has 3 heterocycles. The molecule has 5 rings (SSSR count). The van der Waals surface area contributed by atoms with Crippen LogP contribution < -0.4 is 5.32 Å². The van der Waals surface area contributed by atoms with Crippen LogP contribution in [0, 0.1) is 0 Å². The van der Waals surface area contributed by atoms with Gasteiger partial charge in [0.1, 0.15) is 0 Å². The Morgan fingerprint density at radius 2 is 1.47 bits per heavy atom. The van der Waals surface area contributed by atoms with Crippen LogP contribution in [0.25, 0.3) is 33.1 Å². The second kappa shape index (κ2) is 8.06. The molecular formula is C24H18N4O2. The summed E-state index contributed by atoms with van der Waals surface area (Å²) in [7, 11) is 0. The highest BCUT2D eigenvalue weighted by Crippen LogP contribution is 2.29. The molecule has 5 aromatic rings. The minimum absolute atomic E-state index is 0. The van der Waals surface area contributed by atoms with Crippen LogP contribution in [0.15, 0.2) is 91.4 Å². The predicted molar refractivity (Wildman–Crippen MR) is 118 cm³/mol. The Bertz CT molecular complexity index is 1340. The van der Waals surface area contributed by atoms with Crippen molar-refractivity contribution in [3.05, 3.63) is 97.0 Å². The summed E-state index contributed by atoms with van der Waals surface area (Å²) in [6, 6.07) is 22.8. The fourth-order valence-corrected chi connectivity index (χ4v) is 3.40. The maximum absolute atomic E-state index is 12.9. The van der Waals surface area contributed by atoms with Crippen LogP contribution in [0.4, 0.5) is 5.69 Å². The standard InChI is InChI=1S/C24H16N4O.H2O/c29-24(17-10-8-16(9-11-17)20-7-1-2-12-25-20)28-21-15-18-5-3-13-26-22(18)23-19(21)6-4-14-27-23;/h1-15H,(H,28,29);1H2. The first-order chi connectivity index (χ1) is 14.3. The zero-order chi connectivity index (χ0) is 19.6. The summed E-state index contributed by atoms with van der Waals surface area (Å²) in [5, 5.41) is 4.82. The van der Waals surface area contributed by atoms with Gasteiger partial charge in [-0.2, -0.15) is 0 Å². The smallest absolute Gasteiger partial charge is 0.255 e. The van der Waals surface area contributed by atoms with Crippen molar-refractivity contribution in [2.75, 3.05) is 5.32 Å². The Hall–Kier alpha value is -4.16. The summed E-state index contributed by atoms with van der Waals surface area (Å²) in [6.07, 6.45) is 5.24. The van der Waals surface area contributed by atoms with Crippen molar-refractivity contribution in [1.29, 1.82) is 0 Å². The van der Waals surface area contributed by atoms with Crippen LogP contribution in [-0.2, 0) is 0 Å². The molecule has 0 fully saturated rings. The van der Waals surface area contributed by atoms with E-state index in [0.717, 1.165) is 33.1 Å². The van der Waals surface area contributed by atoms with E-state index in [1.165, 1.54) is 0 Å². The molecule has 0 saturated heterocycles. The summed E-state index contributed by atoms with van der Waals surface area (Å²) >= 11 is 0. The number of benzene rings is 2. The number of carbonyl (C=O) groups is 1. The minimum Gasteiger partial charge on any atom is -0.412 e. The van der Waals surface area contributed by atoms with Gasteiger partial charge in [-0.3, -0.25) is 19.7 Å². The highest BCUT2D eigenvalue weighted by molar-refractivity contribution is 6.14. The number of anilines is 1. The van der Waals surface area contributed by atoms with Gasteiger partial charge in [-0.15, -0.1) is 0 Å². The fraction of sp³-hybridized carbons (Fsp3) is 0. The van der Waals surface area contributed by atoms with Gasteiger partial charge in [0, 0.05) is 40.5 Å². The van der Waals surface area contributed by atoms with Crippen LogP contribution in [0.5, 0.6) is 0 Å². The number of pyridine rings is 3. The fourth-order valence-electron chi connectivity index (χ4n) is 3.40. The van der Waals surface area contributed by atoms with Crippen molar-refractivity contribution in [2.45, 2.75) is 0 Å². The van der Waals surface area contributed by atoms with Gasteiger partial charge in [0.2, 0.25) is 0 Å². The molecular weight excluding hydrogens is 376 g/mol. The van der Waals surface area contributed by atoms with E-state index in [0.29, 0.717) is 11.3 Å². The van der Waals surface area contributed by atoms with Crippen LogP contribution in [0.2, 0.25) is 0 Å². The van der Waals surface area contributed by atoms with E-state index in [2.05, 4.69) is 20.3 Å². The molecule has 146 valence electrons. The highest BCUT2D eigenvalue weighted by Gasteiger charge is 2.12. The molecule has 1 amide bonds. The van der Waals surface area contributed by atoms with Crippen molar-refractivity contribution in [3.63, 3.8) is 0 Å². The monoisotopic (exact) mass is 394 g/mol. The lowest BCUT2D eigenvalue weighted by Crippen LogP contribution is -2.12. The van der Waals surface area contributed by atoms with Gasteiger partial charge >= 0.3 is 0 Å². The van der Waals surface area contributed by atoms with Gasteiger partial charge in [0.25, 0.3) is 5.91 Å². The van der Waals surface area contributed by atoms with E-state index in [1.807, 2.05) is 72.8 Å². The highest BCUT2D eigenvalue weighted by atomic mass is 16.1. The van der Waals surface area contributed by atoms with Gasteiger partial charge < -0.3 is 10.8 Å². The minimum atomic E-state index is -0.175. The Labute approximate surface area is 172 Å². The number of fused-ring (bicyclic) bond motifs is 3. The van der Waals surface area contributed by atoms with Gasteiger partial charge in [0.15, 0.2) is 0 Å². The summed E-state index contributed by atoms with van der Waals surface area (Å²) in [4.78, 5) is 26.1. The second-order valence-electron chi connectivity index (χ2n) is 6.65. The van der Waals surface area contributed by atoms with Crippen molar-refractivity contribution in [2.24, 2.45) is 0 Å². The molecule has 3 N–H and O–H groups in total. The molecule has 0 unspecified atom stereocenters.